The van der Waals surface area contributed by atoms with Crippen molar-refractivity contribution in [1.82, 2.24) is 5.32 Å². The first-order valence-corrected chi connectivity index (χ1v) is 10.5. The molecule has 0 bridgehead atoms. The molecule has 7 heteroatoms. The van der Waals surface area contributed by atoms with Gasteiger partial charge in [0.25, 0.3) is 5.91 Å². The lowest BCUT2D eigenvalue weighted by atomic mass is 10.0. The highest BCUT2D eigenvalue weighted by molar-refractivity contribution is 6.32. The molecule has 0 radical (unpaired) electrons. The molecule has 0 unspecified atom stereocenters. The number of fused-ring (bicyclic) bond motifs is 1. The third-order valence-corrected chi connectivity index (χ3v) is 5.34. The van der Waals surface area contributed by atoms with Gasteiger partial charge in [-0.1, -0.05) is 50.6 Å². The van der Waals surface area contributed by atoms with Crippen LogP contribution in [0.5, 0.6) is 0 Å². The Kier molecular flexibility index (Phi) is 7.13. The first-order chi connectivity index (χ1) is 14.8. The molecule has 3 aromatic rings. The largest absolute Gasteiger partial charge is 0.459 e. The van der Waals surface area contributed by atoms with E-state index in [9.17, 15) is 14.4 Å². The van der Waals surface area contributed by atoms with Gasteiger partial charge in [-0.2, -0.15) is 0 Å². The molecule has 1 atom stereocenters. The van der Waals surface area contributed by atoms with E-state index < -0.39 is 17.6 Å². The number of carbonyl (C=O) groups excluding carboxylic acids is 2. The molecule has 0 saturated carbocycles. The molecule has 1 N–H and O–H groups in total. The van der Waals surface area contributed by atoms with Crippen molar-refractivity contribution < 1.29 is 18.7 Å². The van der Waals surface area contributed by atoms with E-state index in [0.29, 0.717) is 33.5 Å². The average Bonchev–Trinajstić information content (AvgIpc) is 2.75. The van der Waals surface area contributed by atoms with Gasteiger partial charge >= 0.3 is 11.6 Å². The zero-order valence-corrected chi connectivity index (χ0v) is 18.4. The van der Waals surface area contributed by atoms with Crippen molar-refractivity contribution in [3.63, 3.8) is 0 Å². The van der Waals surface area contributed by atoms with Crippen LogP contribution in [0, 0.1) is 5.92 Å². The van der Waals surface area contributed by atoms with Crippen molar-refractivity contribution >= 4 is 34.4 Å². The molecule has 0 aliphatic rings. The number of ether oxygens (including phenoxy) is 1. The van der Waals surface area contributed by atoms with Crippen LogP contribution in [-0.4, -0.2) is 17.9 Å². The van der Waals surface area contributed by atoms with Gasteiger partial charge in [-0.3, -0.25) is 4.79 Å². The van der Waals surface area contributed by atoms with Crippen molar-refractivity contribution in [2.75, 3.05) is 0 Å². The molecule has 1 amide bonds. The summed E-state index contributed by atoms with van der Waals surface area (Å²) >= 11 is 6.31. The number of esters is 1. The molecular weight excluding hydrogens is 418 g/mol. The van der Waals surface area contributed by atoms with Gasteiger partial charge in [-0.15, -0.1) is 0 Å². The molecule has 1 heterocycles. The van der Waals surface area contributed by atoms with Crippen molar-refractivity contribution in [2.45, 2.75) is 39.8 Å². The number of carbonyl (C=O) groups is 2. The van der Waals surface area contributed by atoms with Crippen LogP contribution in [0.25, 0.3) is 11.0 Å². The van der Waals surface area contributed by atoms with Gasteiger partial charge in [0.2, 0.25) is 0 Å². The predicted octanol–water partition coefficient (Wildman–Crippen LogP) is 4.51. The third kappa shape index (κ3) is 5.33. The zero-order chi connectivity index (χ0) is 22.5. The highest BCUT2D eigenvalue weighted by atomic mass is 35.5. The highest BCUT2D eigenvalue weighted by Crippen LogP contribution is 2.26. The number of benzene rings is 2. The summed E-state index contributed by atoms with van der Waals surface area (Å²) in [5.41, 5.74) is 1.64. The van der Waals surface area contributed by atoms with E-state index in [1.807, 2.05) is 20.8 Å². The molecule has 31 heavy (non-hydrogen) atoms. The van der Waals surface area contributed by atoms with Crippen LogP contribution in [0.3, 0.4) is 0 Å². The summed E-state index contributed by atoms with van der Waals surface area (Å²) in [4.78, 5) is 37.2. The van der Waals surface area contributed by atoms with Crippen molar-refractivity contribution in [2.24, 2.45) is 5.92 Å². The number of hydrogen-bond donors (Lipinski definition) is 1. The van der Waals surface area contributed by atoms with E-state index in [2.05, 4.69) is 5.32 Å². The predicted molar refractivity (Wildman–Crippen MR) is 119 cm³/mol. The minimum Gasteiger partial charge on any atom is -0.459 e. The van der Waals surface area contributed by atoms with E-state index in [4.69, 9.17) is 20.8 Å². The lowest BCUT2D eigenvalue weighted by Gasteiger charge is -2.21. The van der Waals surface area contributed by atoms with Crippen molar-refractivity contribution in [1.29, 1.82) is 0 Å². The quantitative estimate of drug-likeness (QED) is 0.430. The van der Waals surface area contributed by atoms with Crippen LogP contribution in [0.15, 0.2) is 57.7 Å². The van der Waals surface area contributed by atoms with E-state index >= 15 is 0 Å². The molecule has 0 saturated heterocycles. The smallest absolute Gasteiger partial charge is 0.336 e. The lowest BCUT2D eigenvalue weighted by molar-refractivity contribution is -0.148. The van der Waals surface area contributed by atoms with Crippen LogP contribution in [-0.2, 0) is 22.6 Å². The number of halogens is 1. The summed E-state index contributed by atoms with van der Waals surface area (Å²) in [7, 11) is 0. The zero-order valence-electron chi connectivity index (χ0n) is 17.6. The van der Waals surface area contributed by atoms with Crippen LogP contribution >= 0.6 is 11.6 Å². The van der Waals surface area contributed by atoms with Gasteiger partial charge in [0.1, 0.15) is 18.2 Å². The summed E-state index contributed by atoms with van der Waals surface area (Å²) in [6.07, 6.45) is 0.689. The Bertz CT molecular complexity index is 1150. The molecule has 0 spiro atoms. The molecule has 0 aliphatic heterocycles. The van der Waals surface area contributed by atoms with Gasteiger partial charge in [-0.25, -0.2) is 9.59 Å². The third-order valence-electron chi connectivity index (χ3n) is 4.99. The Balaban J connectivity index is 1.79. The fourth-order valence-corrected chi connectivity index (χ4v) is 3.53. The van der Waals surface area contributed by atoms with Crippen molar-refractivity contribution in [3.8, 4) is 0 Å². The second-order valence-electron chi connectivity index (χ2n) is 7.55. The molecule has 6 nitrogen and oxygen atoms in total. The Morgan fingerprint density at radius 3 is 2.45 bits per heavy atom. The Labute approximate surface area is 185 Å². The molecule has 0 fully saturated rings. The van der Waals surface area contributed by atoms with Gasteiger partial charge in [0, 0.05) is 27.6 Å². The standard InChI is InChI=1S/C24H24ClNO5/c1-4-15-10-20-18(12-19(15)25)17(11-21(27)31-20)13-30-24(29)22(14(2)3)26-23(28)16-8-6-5-7-9-16/h5-12,14,22H,4,13H2,1-3H3,(H,26,28)/t22-/m0/s1. The highest BCUT2D eigenvalue weighted by Gasteiger charge is 2.26. The average molecular weight is 442 g/mol. The number of hydrogen-bond acceptors (Lipinski definition) is 5. The maximum absolute atomic E-state index is 12.7. The Morgan fingerprint density at radius 2 is 1.81 bits per heavy atom. The monoisotopic (exact) mass is 441 g/mol. The Morgan fingerprint density at radius 1 is 1.10 bits per heavy atom. The van der Waals surface area contributed by atoms with Gasteiger partial charge in [0.15, 0.2) is 0 Å². The molecule has 3 rings (SSSR count). The fraction of sp³-hybridized carbons (Fsp3) is 0.292. The van der Waals surface area contributed by atoms with Crippen LogP contribution < -0.4 is 10.9 Å². The molecule has 1 aromatic heterocycles. The summed E-state index contributed by atoms with van der Waals surface area (Å²) < 4.78 is 10.8. The molecule has 162 valence electrons. The molecular formula is C24H24ClNO5. The minimum absolute atomic E-state index is 0.146. The van der Waals surface area contributed by atoms with E-state index in [1.165, 1.54) is 6.07 Å². The van der Waals surface area contributed by atoms with E-state index in [-0.39, 0.29) is 18.4 Å². The molecule has 0 aliphatic carbocycles. The summed E-state index contributed by atoms with van der Waals surface area (Å²) in [6, 6.07) is 12.5. The number of aryl methyl sites for hydroxylation is 1. The summed E-state index contributed by atoms with van der Waals surface area (Å²) in [6.45, 7) is 5.44. The first kappa shape index (κ1) is 22.6. The van der Waals surface area contributed by atoms with Crippen LogP contribution in [0.1, 0.15) is 42.3 Å². The second-order valence-corrected chi connectivity index (χ2v) is 7.96. The van der Waals surface area contributed by atoms with Crippen molar-refractivity contribution in [3.05, 3.63) is 80.7 Å². The normalized spacial score (nSPS) is 12.0. The van der Waals surface area contributed by atoms with Gasteiger partial charge in [0.05, 0.1) is 0 Å². The first-order valence-electron chi connectivity index (χ1n) is 10.1. The lowest BCUT2D eigenvalue weighted by Crippen LogP contribution is -2.45. The minimum atomic E-state index is -0.839. The summed E-state index contributed by atoms with van der Waals surface area (Å²) in [5.74, 6) is -1.14. The number of nitrogens with one attached hydrogen (secondary N) is 1. The maximum atomic E-state index is 12.7. The van der Waals surface area contributed by atoms with Gasteiger partial charge in [-0.05, 0) is 42.2 Å². The maximum Gasteiger partial charge on any atom is 0.336 e. The SMILES string of the molecule is CCc1cc2oc(=O)cc(COC(=O)[C@@H](NC(=O)c3ccccc3)C(C)C)c2cc1Cl. The van der Waals surface area contributed by atoms with Gasteiger partial charge < -0.3 is 14.5 Å². The Hall–Kier alpha value is -3.12. The van der Waals surface area contributed by atoms with Crippen LogP contribution in [0.4, 0.5) is 0 Å². The number of rotatable bonds is 7. The topological polar surface area (TPSA) is 85.6 Å². The summed E-state index contributed by atoms with van der Waals surface area (Å²) in [5, 5.41) is 3.88. The van der Waals surface area contributed by atoms with E-state index in [1.54, 1.807) is 42.5 Å². The second kappa shape index (κ2) is 9.79. The molecule has 2 aromatic carbocycles. The van der Waals surface area contributed by atoms with E-state index in [0.717, 1.165) is 5.56 Å². The fourth-order valence-electron chi connectivity index (χ4n) is 3.23. The number of amides is 1. The van der Waals surface area contributed by atoms with Crippen LogP contribution in [0.2, 0.25) is 5.02 Å².